The Morgan fingerprint density at radius 3 is 2.61 bits per heavy atom. The van der Waals surface area contributed by atoms with Crippen LogP contribution in [-0.4, -0.2) is 47.7 Å². The molecule has 0 fully saturated rings. The standard InChI is InChI=1S/C21H27N5S.HI/c1-22-21(26(2)15-16-10-12-17(27-3)13-11-16)23-14-6-9-20-24-18-7-4-5-8-19(18)25-20;/h4-5,7-8,10-13H,6,9,14-15H2,1-3H3,(H,22,23)(H,24,25);1H. The number of para-hydroxylation sites is 2. The number of halogens is 1. The van der Waals surface area contributed by atoms with Gasteiger partial charge in [-0.3, -0.25) is 4.99 Å². The van der Waals surface area contributed by atoms with Crippen LogP contribution in [0.4, 0.5) is 0 Å². The number of aliphatic imine (C=N–C) groups is 1. The molecule has 2 N–H and O–H groups in total. The lowest BCUT2D eigenvalue weighted by Gasteiger charge is -2.22. The third kappa shape index (κ3) is 6.13. The topological polar surface area (TPSA) is 56.3 Å². The monoisotopic (exact) mass is 509 g/mol. The third-order valence-electron chi connectivity index (χ3n) is 4.46. The molecule has 0 saturated carbocycles. The van der Waals surface area contributed by atoms with Gasteiger partial charge in [-0.05, 0) is 42.5 Å². The highest BCUT2D eigenvalue weighted by Crippen LogP contribution is 2.15. The molecule has 0 aliphatic rings. The second kappa shape index (κ2) is 11.3. The van der Waals surface area contributed by atoms with E-state index >= 15 is 0 Å². The molecule has 5 nitrogen and oxygen atoms in total. The molecule has 0 unspecified atom stereocenters. The number of aromatic nitrogens is 2. The Bertz CT molecular complexity index is 858. The van der Waals surface area contributed by atoms with E-state index in [0.29, 0.717) is 0 Å². The molecule has 0 radical (unpaired) electrons. The molecule has 28 heavy (non-hydrogen) atoms. The van der Waals surface area contributed by atoms with Gasteiger partial charge in [-0.2, -0.15) is 0 Å². The smallest absolute Gasteiger partial charge is 0.193 e. The van der Waals surface area contributed by atoms with Gasteiger partial charge in [0.1, 0.15) is 5.82 Å². The molecule has 0 amide bonds. The summed E-state index contributed by atoms with van der Waals surface area (Å²) in [4.78, 5) is 15.8. The lowest BCUT2D eigenvalue weighted by molar-refractivity contribution is 0.475. The minimum atomic E-state index is 0. The summed E-state index contributed by atoms with van der Waals surface area (Å²) in [7, 11) is 3.89. The van der Waals surface area contributed by atoms with Crippen molar-refractivity contribution in [1.29, 1.82) is 0 Å². The minimum Gasteiger partial charge on any atom is -0.356 e. The van der Waals surface area contributed by atoms with Crippen molar-refractivity contribution in [2.45, 2.75) is 24.3 Å². The average Bonchev–Trinajstić information content (AvgIpc) is 3.11. The highest BCUT2D eigenvalue weighted by Gasteiger charge is 2.07. The summed E-state index contributed by atoms with van der Waals surface area (Å²) < 4.78 is 0. The Morgan fingerprint density at radius 1 is 1.18 bits per heavy atom. The summed E-state index contributed by atoms with van der Waals surface area (Å²) in [6.07, 6.45) is 4.01. The number of benzene rings is 2. The maximum absolute atomic E-state index is 4.63. The number of hydrogen-bond acceptors (Lipinski definition) is 3. The molecule has 2 aromatic carbocycles. The fourth-order valence-corrected chi connectivity index (χ4v) is 3.45. The van der Waals surface area contributed by atoms with Gasteiger partial charge in [-0.15, -0.1) is 35.7 Å². The van der Waals surface area contributed by atoms with Crippen LogP contribution in [0.25, 0.3) is 11.0 Å². The third-order valence-corrected chi connectivity index (χ3v) is 5.21. The average molecular weight is 509 g/mol. The van der Waals surface area contributed by atoms with E-state index in [2.05, 4.69) is 68.8 Å². The molecule has 0 spiro atoms. The molecular formula is C21H28IN5S. The van der Waals surface area contributed by atoms with Crippen molar-refractivity contribution >= 4 is 52.7 Å². The first-order chi connectivity index (χ1) is 13.2. The molecular weight excluding hydrogens is 481 g/mol. The molecule has 7 heteroatoms. The highest BCUT2D eigenvalue weighted by molar-refractivity contribution is 14.0. The molecule has 0 aliphatic carbocycles. The van der Waals surface area contributed by atoms with Crippen LogP contribution >= 0.6 is 35.7 Å². The Kier molecular flexibility index (Phi) is 9.11. The van der Waals surface area contributed by atoms with Crippen molar-refractivity contribution in [2.75, 3.05) is 26.9 Å². The van der Waals surface area contributed by atoms with Crippen molar-refractivity contribution in [3.05, 3.63) is 59.9 Å². The van der Waals surface area contributed by atoms with E-state index in [-0.39, 0.29) is 24.0 Å². The first-order valence-electron chi connectivity index (χ1n) is 9.18. The molecule has 3 aromatic rings. The predicted octanol–water partition coefficient (Wildman–Crippen LogP) is 4.54. The maximum Gasteiger partial charge on any atom is 0.193 e. The van der Waals surface area contributed by atoms with E-state index in [1.165, 1.54) is 10.5 Å². The van der Waals surface area contributed by atoms with Gasteiger partial charge in [0.15, 0.2) is 5.96 Å². The van der Waals surface area contributed by atoms with E-state index in [9.17, 15) is 0 Å². The summed E-state index contributed by atoms with van der Waals surface area (Å²) in [5.41, 5.74) is 3.41. The summed E-state index contributed by atoms with van der Waals surface area (Å²) >= 11 is 1.76. The van der Waals surface area contributed by atoms with E-state index in [1.807, 2.05) is 25.2 Å². The van der Waals surface area contributed by atoms with Crippen molar-refractivity contribution < 1.29 is 0 Å². The van der Waals surface area contributed by atoms with E-state index in [4.69, 9.17) is 0 Å². The number of H-pyrrole nitrogens is 1. The zero-order chi connectivity index (χ0) is 19.1. The van der Waals surface area contributed by atoms with Gasteiger partial charge in [-0.25, -0.2) is 4.98 Å². The number of guanidine groups is 1. The van der Waals surface area contributed by atoms with Crippen LogP contribution in [0.15, 0.2) is 58.4 Å². The van der Waals surface area contributed by atoms with Gasteiger partial charge in [0, 0.05) is 38.5 Å². The van der Waals surface area contributed by atoms with Crippen LogP contribution in [0.5, 0.6) is 0 Å². The number of nitrogens with zero attached hydrogens (tertiary/aromatic N) is 3. The molecule has 0 atom stereocenters. The molecule has 0 saturated heterocycles. The SMILES string of the molecule is CN=C(NCCCc1nc2ccccc2[nH]1)N(C)Cc1ccc(SC)cc1.I. The van der Waals surface area contributed by atoms with Crippen LogP contribution in [0, 0.1) is 0 Å². The number of aryl methyl sites for hydroxylation is 1. The van der Waals surface area contributed by atoms with Crippen molar-refractivity contribution in [2.24, 2.45) is 4.99 Å². The summed E-state index contributed by atoms with van der Waals surface area (Å²) in [6.45, 7) is 1.69. The Hall–Kier alpha value is -1.74. The summed E-state index contributed by atoms with van der Waals surface area (Å²) in [5, 5.41) is 3.45. The van der Waals surface area contributed by atoms with E-state index < -0.39 is 0 Å². The Morgan fingerprint density at radius 2 is 1.93 bits per heavy atom. The summed E-state index contributed by atoms with van der Waals surface area (Å²) in [5.74, 6) is 1.95. The lowest BCUT2D eigenvalue weighted by atomic mass is 10.2. The number of fused-ring (bicyclic) bond motifs is 1. The van der Waals surface area contributed by atoms with Gasteiger partial charge < -0.3 is 15.2 Å². The number of rotatable bonds is 7. The zero-order valence-corrected chi connectivity index (χ0v) is 19.8. The van der Waals surface area contributed by atoms with Crippen molar-refractivity contribution in [1.82, 2.24) is 20.2 Å². The van der Waals surface area contributed by atoms with Crippen LogP contribution in [0.3, 0.4) is 0 Å². The van der Waals surface area contributed by atoms with Crippen LogP contribution in [-0.2, 0) is 13.0 Å². The molecule has 3 rings (SSSR count). The number of thioether (sulfide) groups is 1. The fourth-order valence-electron chi connectivity index (χ4n) is 3.04. The molecule has 150 valence electrons. The number of hydrogen-bond donors (Lipinski definition) is 2. The van der Waals surface area contributed by atoms with Gasteiger partial charge in [0.25, 0.3) is 0 Å². The second-order valence-electron chi connectivity index (χ2n) is 6.48. The maximum atomic E-state index is 4.63. The molecule has 1 heterocycles. The highest BCUT2D eigenvalue weighted by atomic mass is 127. The van der Waals surface area contributed by atoms with E-state index in [0.717, 1.165) is 48.7 Å². The van der Waals surface area contributed by atoms with Crippen LogP contribution in [0.2, 0.25) is 0 Å². The predicted molar refractivity (Wildman–Crippen MR) is 131 cm³/mol. The van der Waals surface area contributed by atoms with Crippen LogP contribution < -0.4 is 5.32 Å². The van der Waals surface area contributed by atoms with Gasteiger partial charge in [0.2, 0.25) is 0 Å². The largest absolute Gasteiger partial charge is 0.356 e. The van der Waals surface area contributed by atoms with Crippen molar-refractivity contribution in [3.8, 4) is 0 Å². The van der Waals surface area contributed by atoms with Gasteiger partial charge in [-0.1, -0.05) is 24.3 Å². The van der Waals surface area contributed by atoms with E-state index in [1.54, 1.807) is 11.8 Å². The fraction of sp³-hybridized carbons (Fsp3) is 0.333. The molecule has 1 aromatic heterocycles. The van der Waals surface area contributed by atoms with Crippen molar-refractivity contribution in [3.63, 3.8) is 0 Å². The van der Waals surface area contributed by atoms with Gasteiger partial charge in [0.05, 0.1) is 11.0 Å². The first-order valence-corrected chi connectivity index (χ1v) is 10.4. The zero-order valence-electron chi connectivity index (χ0n) is 16.6. The number of aromatic amines is 1. The van der Waals surface area contributed by atoms with Crippen LogP contribution in [0.1, 0.15) is 17.8 Å². The normalized spacial score (nSPS) is 11.3. The Balaban J connectivity index is 0.00000280. The number of nitrogens with one attached hydrogen (secondary N) is 2. The second-order valence-corrected chi connectivity index (χ2v) is 7.36. The Labute approximate surface area is 188 Å². The lowest BCUT2D eigenvalue weighted by Crippen LogP contribution is -2.39. The molecule has 0 aliphatic heterocycles. The molecule has 0 bridgehead atoms. The minimum absolute atomic E-state index is 0. The summed E-state index contributed by atoms with van der Waals surface area (Å²) in [6, 6.07) is 16.8. The quantitative estimate of drug-likeness (QED) is 0.162. The number of imidazole rings is 1. The van der Waals surface area contributed by atoms with Gasteiger partial charge >= 0.3 is 0 Å². The first kappa shape index (κ1) is 22.5.